The van der Waals surface area contributed by atoms with E-state index < -0.39 is 14.6 Å². The first-order valence-corrected chi connectivity index (χ1v) is 9.55. The van der Waals surface area contributed by atoms with E-state index in [1.807, 2.05) is 31.2 Å². The number of nitrogens with one attached hydrogen (secondary N) is 2. The molecule has 1 unspecified atom stereocenters. The minimum absolute atomic E-state index is 0. The minimum atomic E-state index is -3.15. The van der Waals surface area contributed by atoms with Crippen LogP contribution in [0.2, 0.25) is 5.02 Å². The van der Waals surface area contributed by atoms with Crippen molar-refractivity contribution in [1.29, 1.82) is 0 Å². The van der Waals surface area contributed by atoms with E-state index in [0.29, 0.717) is 17.5 Å². The minimum Gasteiger partial charge on any atom is -0.355 e. The molecule has 0 saturated heterocycles. The summed E-state index contributed by atoms with van der Waals surface area (Å²) in [4.78, 5) is 4.12. The van der Waals surface area contributed by atoms with Crippen molar-refractivity contribution in [3.8, 4) is 0 Å². The Hall–Kier alpha value is -0.540. The van der Waals surface area contributed by atoms with E-state index >= 15 is 0 Å². The SMILES string of the molecule is CN=C(NCCS(=O)(=O)C(C)(C)C)NC(C)c1cccc(Cl)c1.I. The molecule has 1 rings (SSSR count). The molecule has 0 spiro atoms. The Morgan fingerprint density at radius 2 is 1.96 bits per heavy atom. The first kappa shape index (κ1) is 23.5. The highest BCUT2D eigenvalue weighted by Crippen LogP contribution is 2.17. The maximum absolute atomic E-state index is 12.1. The molecule has 138 valence electrons. The van der Waals surface area contributed by atoms with Crippen LogP contribution in [0.25, 0.3) is 0 Å². The fraction of sp³-hybridized carbons (Fsp3) is 0.562. The molecule has 8 heteroatoms. The van der Waals surface area contributed by atoms with E-state index in [1.165, 1.54) is 0 Å². The molecule has 1 aromatic rings. The number of hydrogen-bond donors (Lipinski definition) is 2. The molecule has 24 heavy (non-hydrogen) atoms. The summed E-state index contributed by atoms with van der Waals surface area (Å²) in [5, 5.41) is 6.94. The number of sulfone groups is 1. The zero-order chi connectivity index (χ0) is 17.7. The molecule has 0 saturated carbocycles. The molecule has 0 aliphatic carbocycles. The fourth-order valence-electron chi connectivity index (χ4n) is 1.87. The van der Waals surface area contributed by atoms with Gasteiger partial charge in [0.25, 0.3) is 0 Å². The monoisotopic (exact) mass is 487 g/mol. The lowest BCUT2D eigenvalue weighted by Crippen LogP contribution is -2.42. The van der Waals surface area contributed by atoms with Crippen molar-refractivity contribution in [2.24, 2.45) is 4.99 Å². The molecule has 2 N–H and O–H groups in total. The number of benzene rings is 1. The highest BCUT2D eigenvalue weighted by molar-refractivity contribution is 14.0. The Morgan fingerprint density at radius 1 is 1.33 bits per heavy atom. The lowest BCUT2D eigenvalue weighted by atomic mass is 10.1. The van der Waals surface area contributed by atoms with Gasteiger partial charge in [0, 0.05) is 18.6 Å². The molecule has 0 fully saturated rings. The van der Waals surface area contributed by atoms with Gasteiger partial charge in [-0.25, -0.2) is 8.42 Å². The topological polar surface area (TPSA) is 70.6 Å². The van der Waals surface area contributed by atoms with Gasteiger partial charge in [-0.2, -0.15) is 0 Å². The van der Waals surface area contributed by atoms with Crippen molar-refractivity contribution in [1.82, 2.24) is 10.6 Å². The Kier molecular flexibility index (Phi) is 9.60. The standard InChI is InChI=1S/C16H26ClN3O2S.HI/c1-12(13-7-6-8-14(17)11-13)20-15(18-5)19-9-10-23(21,22)16(2,3)4;/h6-8,11-12H,9-10H2,1-5H3,(H2,18,19,20);1H. The van der Waals surface area contributed by atoms with Crippen LogP contribution in [-0.4, -0.2) is 38.5 Å². The maximum atomic E-state index is 12.1. The van der Waals surface area contributed by atoms with Gasteiger partial charge in [0.1, 0.15) is 0 Å². The predicted octanol–water partition coefficient (Wildman–Crippen LogP) is 3.40. The molecule has 0 aliphatic heterocycles. The van der Waals surface area contributed by atoms with Crippen molar-refractivity contribution in [2.45, 2.75) is 38.5 Å². The summed E-state index contributed by atoms with van der Waals surface area (Å²) in [6.07, 6.45) is 0. The fourth-order valence-corrected chi connectivity index (χ4v) is 3.05. The van der Waals surface area contributed by atoms with Crippen LogP contribution in [0.5, 0.6) is 0 Å². The van der Waals surface area contributed by atoms with E-state index in [-0.39, 0.29) is 35.8 Å². The smallest absolute Gasteiger partial charge is 0.191 e. The third-order valence-corrected chi connectivity index (χ3v) is 6.36. The predicted molar refractivity (Wildman–Crippen MR) is 113 cm³/mol. The summed E-state index contributed by atoms with van der Waals surface area (Å²) in [6, 6.07) is 7.57. The zero-order valence-corrected chi connectivity index (χ0v) is 18.7. The third kappa shape index (κ3) is 7.14. The number of aliphatic imine (C=N–C) groups is 1. The van der Waals surface area contributed by atoms with Crippen molar-refractivity contribution in [2.75, 3.05) is 19.3 Å². The molecule has 0 heterocycles. The van der Waals surface area contributed by atoms with E-state index in [0.717, 1.165) is 5.56 Å². The molecule has 0 amide bonds. The van der Waals surface area contributed by atoms with E-state index in [4.69, 9.17) is 11.6 Å². The summed E-state index contributed by atoms with van der Waals surface area (Å²) in [5.74, 6) is 0.615. The van der Waals surface area contributed by atoms with Gasteiger partial charge in [0.05, 0.1) is 16.5 Å². The van der Waals surface area contributed by atoms with Crippen molar-refractivity contribution >= 4 is 51.4 Å². The molecular formula is C16H27ClIN3O2S. The van der Waals surface area contributed by atoms with Crippen molar-refractivity contribution in [3.63, 3.8) is 0 Å². The van der Waals surface area contributed by atoms with Crippen LogP contribution >= 0.6 is 35.6 Å². The normalized spacial score (nSPS) is 13.8. The Morgan fingerprint density at radius 3 is 2.46 bits per heavy atom. The average Bonchev–Trinajstić information content (AvgIpc) is 2.44. The van der Waals surface area contributed by atoms with Gasteiger partial charge in [-0.15, -0.1) is 24.0 Å². The Balaban J connectivity index is 0.00000529. The van der Waals surface area contributed by atoms with Crippen LogP contribution in [0.3, 0.4) is 0 Å². The molecule has 1 aromatic carbocycles. The molecule has 0 aromatic heterocycles. The molecule has 1 atom stereocenters. The van der Waals surface area contributed by atoms with Gasteiger partial charge in [-0.05, 0) is 45.4 Å². The van der Waals surface area contributed by atoms with Gasteiger partial charge in [0.15, 0.2) is 15.8 Å². The lowest BCUT2D eigenvalue weighted by Gasteiger charge is -2.21. The Bertz CT molecular complexity index is 658. The van der Waals surface area contributed by atoms with Gasteiger partial charge in [-0.1, -0.05) is 23.7 Å². The van der Waals surface area contributed by atoms with Gasteiger partial charge in [0.2, 0.25) is 0 Å². The highest BCUT2D eigenvalue weighted by Gasteiger charge is 2.28. The summed E-state index contributed by atoms with van der Waals surface area (Å²) in [5.41, 5.74) is 1.03. The van der Waals surface area contributed by atoms with Gasteiger partial charge in [-0.3, -0.25) is 4.99 Å². The van der Waals surface area contributed by atoms with E-state index in [2.05, 4.69) is 15.6 Å². The largest absolute Gasteiger partial charge is 0.355 e. The number of halogens is 2. The second kappa shape index (κ2) is 9.82. The van der Waals surface area contributed by atoms with Crippen LogP contribution in [0, 0.1) is 0 Å². The highest BCUT2D eigenvalue weighted by atomic mass is 127. The zero-order valence-electron chi connectivity index (χ0n) is 14.8. The van der Waals surface area contributed by atoms with Crippen molar-refractivity contribution in [3.05, 3.63) is 34.9 Å². The summed E-state index contributed by atoms with van der Waals surface area (Å²) in [6.45, 7) is 7.41. The molecular weight excluding hydrogens is 461 g/mol. The molecule has 0 bridgehead atoms. The second-order valence-electron chi connectivity index (χ2n) is 6.35. The van der Waals surface area contributed by atoms with Crippen LogP contribution in [0.15, 0.2) is 29.3 Å². The Labute approximate surface area is 167 Å². The first-order valence-electron chi connectivity index (χ1n) is 7.52. The quantitative estimate of drug-likeness (QED) is 0.379. The molecule has 0 radical (unpaired) electrons. The number of hydrogen-bond acceptors (Lipinski definition) is 3. The molecule has 0 aliphatic rings. The molecule has 5 nitrogen and oxygen atoms in total. The van der Waals surface area contributed by atoms with Crippen molar-refractivity contribution < 1.29 is 8.42 Å². The van der Waals surface area contributed by atoms with E-state index in [1.54, 1.807) is 27.8 Å². The van der Waals surface area contributed by atoms with Gasteiger partial charge < -0.3 is 10.6 Å². The van der Waals surface area contributed by atoms with Crippen LogP contribution in [-0.2, 0) is 9.84 Å². The van der Waals surface area contributed by atoms with E-state index in [9.17, 15) is 8.42 Å². The summed E-state index contributed by atoms with van der Waals surface area (Å²) < 4.78 is 23.4. The lowest BCUT2D eigenvalue weighted by molar-refractivity contribution is 0.558. The summed E-state index contributed by atoms with van der Waals surface area (Å²) in [7, 11) is -1.50. The second-order valence-corrected chi connectivity index (χ2v) is 9.65. The number of rotatable bonds is 5. The summed E-state index contributed by atoms with van der Waals surface area (Å²) >= 11 is 6.00. The van der Waals surface area contributed by atoms with Crippen LogP contribution < -0.4 is 10.6 Å². The maximum Gasteiger partial charge on any atom is 0.191 e. The first-order chi connectivity index (χ1) is 10.6. The number of nitrogens with zero attached hydrogens (tertiary/aromatic N) is 1. The third-order valence-electron chi connectivity index (χ3n) is 3.52. The van der Waals surface area contributed by atoms with Crippen LogP contribution in [0.4, 0.5) is 0 Å². The number of guanidine groups is 1. The van der Waals surface area contributed by atoms with Crippen LogP contribution in [0.1, 0.15) is 39.3 Å². The average molecular weight is 488 g/mol. The van der Waals surface area contributed by atoms with Gasteiger partial charge >= 0.3 is 0 Å².